The first-order valence-electron chi connectivity index (χ1n) is 5.41. The van der Waals surface area contributed by atoms with Crippen molar-refractivity contribution in [1.29, 1.82) is 0 Å². The summed E-state index contributed by atoms with van der Waals surface area (Å²) >= 11 is 0. The van der Waals surface area contributed by atoms with Gasteiger partial charge < -0.3 is 0 Å². The van der Waals surface area contributed by atoms with Crippen LogP contribution < -0.4 is 0 Å². The molecule has 0 aromatic carbocycles. The molecule has 0 aliphatic rings. The van der Waals surface area contributed by atoms with Crippen LogP contribution in [0.3, 0.4) is 0 Å². The Morgan fingerprint density at radius 3 is 1.85 bits per heavy atom. The minimum atomic E-state index is 0.677. The molecule has 0 fully saturated rings. The SMILES string of the molecule is CC.CC/C(C)=C/C=C(\C)C(C)C. The van der Waals surface area contributed by atoms with Gasteiger partial charge in [0.1, 0.15) is 0 Å². The summed E-state index contributed by atoms with van der Waals surface area (Å²) < 4.78 is 0. The smallest absolute Gasteiger partial charge is 0.0260 e. The lowest BCUT2D eigenvalue weighted by molar-refractivity contribution is 0.769. The van der Waals surface area contributed by atoms with E-state index in [1.165, 1.54) is 11.1 Å². The molecule has 0 N–H and O–H groups in total. The van der Waals surface area contributed by atoms with Crippen molar-refractivity contribution in [1.82, 2.24) is 0 Å². The fourth-order valence-electron chi connectivity index (χ4n) is 0.584. The van der Waals surface area contributed by atoms with E-state index >= 15 is 0 Å². The van der Waals surface area contributed by atoms with Crippen molar-refractivity contribution >= 4 is 0 Å². The minimum absolute atomic E-state index is 0.677. The van der Waals surface area contributed by atoms with Gasteiger partial charge in [0.2, 0.25) is 0 Å². The minimum Gasteiger partial charge on any atom is -0.0736 e. The topological polar surface area (TPSA) is 0 Å². The molecule has 0 nitrogen and oxygen atoms in total. The summed E-state index contributed by atoms with van der Waals surface area (Å²) in [6, 6.07) is 0. The van der Waals surface area contributed by atoms with Crippen LogP contribution >= 0.6 is 0 Å². The van der Waals surface area contributed by atoms with Crippen molar-refractivity contribution in [2.75, 3.05) is 0 Å². The average Bonchev–Trinajstić information content (AvgIpc) is 2.16. The summed E-state index contributed by atoms with van der Waals surface area (Å²) in [5.41, 5.74) is 2.91. The fraction of sp³-hybridized carbons (Fsp3) is 0.692. The maximum absolute atomic E-state index is 2.23. The Kier molecular flexibility index (Phi) is 11.0. The molecule has 0 unspecified atom stereocenters. The van der Waals surface area contributed by atoms with E-state index < -0.39 is 0 Å². The van der Waals surface area contributed by atoms with Crippen molar-refractivity contribution in [3.05, 3.63) is 23.3 Å². The number of hydrogen-bond donors (Lipinski definition) is 0. The molecule has 0 saturated carbocycles. The Morgan fingerprint density at radius 1 is 1.08 bits per heavy atom. The average molecular weight is 182 g/mol. The van der Waals surface area contributed by atoms with Crippen LogP contribution in [0.2, 0.25) is 0 Å². The number of hydrogen-bond acceptors (Lipinski definition) is 0. The second-order valence-corrected chi connectivity index (χ2v) is 3.43. The molecule has 78 valence electrons. The van der Waals surface area contributed by atoms with E-state index in [0.29, 0.717) is 5.92 Å². The van der Waals surface area contributed by atoms with Gasteiger partial charge in [-0.2, -0.15) is 0 Å². The van der Waals surface area contributed by atoms with Gasteiger partial charge in [0, 0.05) is 0 Å². The maximum atomic E-state index is 2.23. The first-order chi connectivity index (χ1) is 6.07. The summed E-state index contributed by atoms with van der Waals surface area (Å²) in [4.78, 5) is 0. The van der Waals surface area contributed by atoms with Crippen LogP contribution in [0.15, 0.2) is 23.3 Å². The third-order valence-electron chi connectivity index (χ3n) is 2.10. The quantitative estimate of drug-likeness (QED) is 0.540. The van der Waals surface area contributed by atoms with Gasteiger partial charge in [-0.25, -0.2) is 0 Å². The van der Waals surface area contributed by atoms with Crippen molar-refractivity contribution in [2.24, 2.45) is 5.92 Å². The number of allylic oxidation sites excluding steroid dienone is 4. The maximum Gasteiger partial charge on any atom is -0.0260 e. The molecule has 0 heterocycles. The molecule has 0 heteroatoms. The molecule has 0 aliphatic heterocycles. The lowest BCUT2D eigenvalue weighted by atomic mass is 10.0. The summed E-state index contributed by atoms with van der Waals surface area (Å²) in [5.74, 6) is 0.677. The molecule has 0 atom stereocenters. The molecule has 0 aromatic rings. The van der Waals surface area contributed by atoms with Crippen LogP contribution in [0.4, 0.5) is 0 Å². The third kappa shape index (κ3) is 9.39. The Labute approximate surface area is 84.7 Å². The molecule has 0 bridgehead atoms. The molecule has 0 amide bonds. The van der Waals surface area contributed by atoms with Gasteiger partial charge in [0.05, 0.1) is 0 Å². The van der Waals surface area contributed by atoms with E-state index in [-0.39, 0.29) is 0 Å². The Hall–Kier alpha value is -0.520. The van der Waals surface area contributed by atoms with Gasteiger partial charge in [-0.1, -0.05) is 57.9 Å². The van der Waals surface area contributed by atoms with E-state index in [0.717, 1.165) is 6.42 Å². The van der Waals surface area contributed by atoms with E-state index in [1.54, 1.807) is 0 Å². The van der Waals surface area contributed by atoms with Gasteiger partial charge in [-0.15, -0.1) is 0 Å². The fourth-order valence-corrected chi connectivity index (χ4v) is 0.584. The van der Waals surface area contributed by atoms with Crippen LogP contribution in [0.1, 0.15) is 54.9 Å². The second-order valence-electron chi connectivity index (χ2n) is 3.43. The van der Waals surface area contributed by atoms with Gasteiger partial charge in [-0.3, -0.25) is 0 Å². The van der Waals surface area contributed by atoms with E-state index in [1.807, 2.05) is 13.8 Å². The van der Waals surface area contributed by atoms with Gasteiger partial charge in [0.15, 0.2) is 0 Å². The monoisotopic (exact) mass is 182 g/mol. The highest BCUT2D eigenvalue weighted by atomic mass is 14.0. The predicted octanol–water partition coefficient (Wildman–Crippen LogP) is 4.97. The molecular formula is C13H26. The van der Waals surface area contributed by atoms with Crippen LogP contribution in [-0.4, -0.2) is 0 Å². The van der Waals surface area contributed by atoms with Crippen LogP contribution in [0.5, 0.6) is 0 Å². The Bertz CT molecular complexity index is 159. The lowest BCUT2D eigenvalue weighted by Gasteiger charge is -2.02. The largest absolute Gasteiger partial charge is 0.0736 e. The van der Waals surface area contributed by atoms with E-state index in [9.17, 15) is 0 Å². The zero-order valence-corrected chi connectivity index (χ0v) is 10.4. The first-order valence-corrected chi connectivity index (χ1v) is 5.41. The van der Waals surface area contributed by atoms with Crippen LogP contribution in [-0.2, 0) is 0 Å². The van der Waals surface area contributed by atoms with E-state index in [4.69, 9.17) is 0 Å². The van der Waals surface area contributed by atoms with Crippen LogP contribution in [0, 0.1) is 5.92 Å². The molecule has 0 rings (SSSR count). The lowest BCUT2D eigenvalue weighted by Crippen LogP contribution is -1.87. The third-order valence-corrected chi connectivity index (χ3v) is 2.10. The van der Waals surface area contributed by atoms with Gasteiger partial charge in [0.25, 0.3) is 0 Å². The molecule has 0 aliphatic carbocycles. The molecule has 0 spiro atoms. The number of rotatable bonds is 3. The molecular weight excluding hydrogens is 156 g/mol. The first kappa shape index (κ1) is 15.0. The van der Waals surface area contributed by atoms with E-state index in [2.05, 4.69) is 46.8 Å². The Morgan fingerprint density at radius 2 is 1.54 bits per heavy atom. The zero-order chi connectivity index (χ0) is 10.9. The van der Waals surface area contributed by atoms with Gasteiger partial charge >= 0.3 is 0 Å². The summed E-state index contributed by atoms with van der Waals surface area (Å²) in [6.07, 6.45) is 5.60. The summed E-state index contributed by atoms with van der Waals surface area (Å²) in [7, 11) is 0. The zero-order valence-electron chi connectivity index (χ0n) is 10.4. The van der Waals surface area contributed by atoms with Gasteiger partial charge in [-0.05, 0) is 26.2 Å². The van der Waals surface area contributed by atoms with Crippen molar-refractivity contribution in [3.63, 3.8) is 0 Å². The van der Waals surface area contributed by atoms with Crippen molar-refractivity contribution < 1.29 is 0 Å². The van der Waals surface area contributed by atoms with Crippen molar-refractivity contribution in [3.8, 4) is 0 Å². The molecule has 0 radical (unpaired) electrons. The predicted molar refractivity (Wildman–Crippen MR) is 64.0 cm³/mol. The summed E-state index contributed by atoms with van der Waals surface area (Å²) in [5, 5.41) is 0. The van der Waals surface area contributed by atoms with Crippen molar-refractivity contribution in [2.45, 2.75) is 54.9 Å². The standard InChI is InChI=1S/C11H20.C2H6/c1-6-10(4)7-8-11(5)9(2)3;1-2/h7-9H,6H2,1-5H3;1-2H3/b10-7+,11-8+;. The highest BCUT2D eigenvalue weighted by Gasteiger charge is 1.92. The van der Waals surface area contributed by atoms with Crippen LogP contribution in [0.25, 0.3) is 0 Å². The highest BCUT2D eigenvalue weighted by Crippen LogP contribution is 2.09. The normalized spacial score (nSPS) is 12.6. The second kappa shape index (κ2) is 9.57. The summed E-state index contributed by atoms with van der Waals surface area (Å²) in [6.45, 7) is 15.0. The Balaban J connectivity index is 0. The highest BCUT2D eigenvalue weighted by molar-refractivity contribution is 5.16. The molecule has 13 heavy (non-hydrogen) atoms. The molecule has 0 saturated heterocycles. The molecule has 0 aromatic heterocycles.